The van der Waals surface area contributed by atoms with E-state index in [0.29, 0.717) is 24.0 Å². The van der Waals surface area contributed by atoms with Crippen molar-refractivity contribution in [2.45, 2.75) is 82.9 Å². The van der Waals surface area contributed by atoms with Crippen molar-refractivity contribution in [2.24, 2.45) is 5.73 Å². The molecular weight excluding hydrogens is 546 g/mol. The third-order valence-corrected chi connectivity index (χ3v) is 8.31. The van der Waals surface area contributed by atoms with Crippen molar-refractivity contribution >= 4 is 39.5 Å². The molecule has 1 heterocycles. The van der Waals surface area contributed by atoms with Gasteiger partial charge in [0.15, 0.2) is 0 Å². The molecule has 1 aliphatic rings. The molecule has 1 aromatic carbocycles. The van der Waals surface area contributed by atoms with Crippen molar-refractivity contribution in [1.29, 1.82) is 5.41 Å². The second-order valence-corrected chi connectivity index (χ2v) is 12.2. The van der Waals surface area contributed by atoms with E-state index in [0.717, 1.165) is 16.9 Å². The summed E-state index contributed by atoms with van der Waals surface area (Å²) in [5.74, 6) is -0.694. The molecule has 0 aromatic heterocycles. The van der Waals surface area contributed by atoms with Gasteiger partial charge >= 0.3 is 5.97 Å². The number of ether oxygens (including phenoxy) is 2. The van der Waals surface area contributed by atoms with Gasteiger partial charge in [-0.05, 0) is 70.6 Å². The highest BCUT2D eigenvalue weighted by atomic mass is 35.5. The molecule has 39 heavy (non-hydrogen) atoms. The molecule has 0 bridgehead atoms. The number of nitrogens with two attached hydrogens (primary N) is 1. The molecule has 2 rings (SSSR count). The third kappa shape index (κ3) is 8.33. The van der Waals surface area contributed by atoms with Crippen molar-refractivity contribution in [3.63, 3.8) is 0 Å². The molecule has 6 N–H and O–H groups in total. The molecule has 218 valence electrons. The zero-order valence-electron chi connectivity index (χ0n) is 23.2. The predicted octanol–water partition coefficient (Wildman–Crippen LogP) is 2.08. The molecule has 11 nitrogen and oxygen atoms in total. The number of alkyl halides is 1. The van der Waals surface area contributed by atoms with Gasteiger partial charge in [-0.25, -0.2) is 17.9 Å². The van der Waals surface area contributed by atoms with Crippen LogP contribution in [0, 0.1) is 26.2 Å². The van der Waals surface area contributed by atoms with Gasteiger partial charge in [-0.2, -0.15) is 0 Å². The number of halogens is 1. The Hall–Kier alpha value is -2.83. The van der Waals surface area contributed by atoms with Crippen LogP contribution in [0.15, 0.2) is 17.6 Å². The van der Waals surface area contributed by atoms with E-state index in [9.17, 15) is 18.0 Å². The predicted molar refractivity (Wildman–Crippen MR) is 151 cm³/mol. The second kappa shape index (κ2) is 13.5. The van der Waals surface area contributed by atoms with Gasteiger partial charge in [0.2, 0.25) is 11.9 Å². The first kappa shape index (κ1) is 32.4. The fourth-order valence-electron chi connectivity index (χ4n) is 4.41. The number of amides is 1. The number of hydrogen-bond donors (Lipinski definition) is 5. The first-order valence-electron chi connectivity index (χ1n) is 12.7. The van der Waals surface area contributed by atoms with Crippen molar-refractivity contribution in [2.75, 3.05) is 19.0 Å². The van der Waals surface area contributed by atoms with E-state index in [1.54, 1.807) is 13.8 Å². The molecular formula is C26H40ClN5O6S. The number of hydrogen-bond acceptors (Lipinski definition) is 8. The summed E-state index contributed by atoms with van der Waals surface area (Å²) in [6.07, 6.45) is 2.78. The third-order valence-electron chi connectivity index (χ3n) is 6.47. The van der Waals surface area contributed by atoms with Gasteiger partial charge < -0.3 is 25.8 Å². The Morgan fingerprint density at radius 2 is 1.90 bits per heavy atom. The van der Waals surface area contributed by atoms with E-state index in [1.165, 1.54) is 6.08 Å². The average molecular weight is 586 g/mol. The van der Waals surface area contributed by atoms with E-state index < -0.39 is 45.5 Å². The van der Waals surface area contributed by atoms with Crippen molar-refractivity contribution < 1.29 is 27.5 Å². The van der Waals surface area contributed by atoms with Crippen LogP contribution >= 0.6 is 11.6 Å². The summed E-state index contributed by atoms with van der Waals surface area (Å²) in [5.41, 5.74) is 8.32. The lowest BCUT2D eigenvalue weighted by molar-refractivity contribution is -0.146. The molecule has 0 saturated heterocycles. The van der Waals surface area contributed by atoms with Crippen molar-refractivity contribution in [3.8, 4) is 5.75 Å². The van der Waals surface area contributed by atoms with Gasteiger partial charge in [-0.3, -0.25) is 10.2 Å². The number of esters is 1. The van der Waals surface area contributed by atoms with Crippen LogP contribution in [0.4, 0.5) is 0 Å². The zero-order chi connectivity index (χ0) is 29.5. The zero-order valence-corrected chi connectivity index (χ0v) is 24.8. The second-order valence-electron chi connectivity index (χ2n) is 10.2. The number of guanidine groups is 1. The number of sulfonamides is 1. The van der Waals surface area contributed by atoms with E-state index >= 15 is 0 Å². The average Bonchev–Trinajstić information content (AvgIpc) is 3.18. The summed E-state index contributed by atoms with van der Waals surface area (Å²) in [6, 6.07) is -1.84. The fraction of sp³-hybridized carbons (Fsp3) is 0.577. The minimum absolute atomic E-state index is 0.0126. The first-order chi connectivity index (χ1) is 18.1. The molecule has 1 aromatic rings. The SMILES string of the molecule is C=CCOC(=O)[C@@H](CCCl)NC(=O)[C@H](N)CCCNC(=N)NS(=O)(=O)c1c(C)c(C)c2c(c1C)CC(C)(C)O2. The lowest BCUT2D eigenvalue weighted by atomic mass is 9.94. The number of rotatable bonds is 13. The Labute approximate surface area is 235 Å². The molecule has 0 unspecified atom stereocenters. The summed E-state index contributed by atoms with van der Waals surface area (Å²) in [5, 5.41) is 13.4. The Morgan fingerprint density at radius 1 is 1.23 bits per heavy atom. The van der Waals surface area contributed by atoms with Crippen LogP contribution in [0.5, 0.6) is 5.75 Å². The van der Waals surface area contributed by atoms with Crippen LogP contribution in [0.2, 0.25) is 0 Å². The molecule has 0 aliphatic carbocycles. The number of fused-ring (bicyclic) bond motifs is 1. The van der Waals surface area contributed by atoms with Crippen LogP contribution in [0.1, 0.15) is 55.4 Å². The van der Waals surface area contributed by atoms with E-state index in [1.807, 2.05) is 20.8 Å². The van der Waals surface area contributed by atoms with Gasteiger partial charge in [-0.1, -0.05) is 12.7 Å². The van der Waals surface area contributed by atoms with E-state index in [4.69, 9.17) is 32.2 Å². The summed E-state index contributed by atoms with van der Waals surface area (Å²) in [6.45, 7) is 12.9. The van der Waals surface area contributed by atoms with Gasteiger partial charge in [0.1, 0.15) is 24.0 Å². The van der Waals surface area contributed by atoms with Crippen LogP contribution in [0.3, 0.4) is 0 Å². The normalized spacial score (nSPS) is 15.4. The maximum Gasteiger partial charge on any atom is 0.328 e. The highest BCUT2D eigenvalue weighted by Crippen LogP contribution is 2.43. The highest BCUT2D eigenvalue weighted by Gasteiger charge is 2.36. The van der Waals surface area contributed by atoms with Gasteiger partial charge in [0.05, 0.1) is 10.9 Å². The van der Waals surface area contributed by atoms with Crippen LogP contribution in [0.25, 0.3) is 0 Å². The molecule has 13 heteroatoms. The van der Waals surface area contributed by atoms with E-state index in [2.05, 4.69) is 21.9 Å². The summed E-state index contributed by atoms with van der Waals surface area (Å²) in [4.78, 5) is 24.6. The Balaban J connectivity index is 1.92. The maximum absolute atomic E-state index is 13.2. The van der Waals surface area contributed by atoms with Gasteiger partial charge in [0, 0.05) is 24.4 Å². The molecule has 2 atom stereocenters. The summed E-state index contributed by atoms with van der Waals surface area (Å²) >= 11 is 5.72. The minimum Gasteiger partial charge on any atom is -0.487 e. The number of nitrogens with one attached hydrogen (secondary N) is 4. The number of benzene rings is 1. The fourth-order valence-corrected chi connectivity index (χ4v) is 6.16. The largest absolute Gasteiger partial charge is 0.487 e. The lowest BCUT2D eigenvalue weighted by Crippen LogP contribution is -2.49. The highest BCUT2D eigenvalue weighted by molar-refractivity contribution is 7.90. The quantitative estimate of drug-likeness (QED) is 0.0584. The Morgan fingerprint density at radius 3 is 2.51 bits per heavy atom. The van der Waals surface area contributed by atoms with Crippen LogP contribution < -0.4 is 25.8 Å². The van der Waals surface area contributed by atoms with Crippen molar-refractivity contribution in [1.82, 2.24) is 15.4 Å². The molecule has 0 radical (unpaired) electrons. The minimum atomic E-state index is -4.05. The van der Waals surface area contributed by atoms with Crippen LogP contribution in [-0.4, -0.2) is 63.0 Å². The smallest absolute Gasteiger partial charge is 0.328 e. The van der Waals surface area contributed by atoms with Crippen LogP contribution in [-0.2, 0) is 30.8 Å². The number of carbonyl (C=O) groups excluding carboxylic acids is 2. The summed E-state index contributed by atoms with van der Waals surface area (Å²) in [7, 11) is -4.05. The van der Waals surface area contributed by atoms with Gasteiger partial charge in [0.25, 0.3) is 10.0 Å². The van der Waals surface area contributed by atoms with Gasteiger partial charge in [-0.15, -0.1) is 11.6 Å². The lowest BCUT2D eigenvalue weighted by Gasteiger charge is -2.20. The summed E-state index contributed by atoms with van der Waals surface area (Å²) < 4.78 is 39.8. The maximum atomic E-state index is 13.2. The molecule has 1 aliphatic heterocycles. The topological polar surface area (TPSA) is 173 Å². The molecule has 1 amide bonds. The molecule has 0 spiro atoms. The first-order valence-corrected chi connectivity index (χ1v) is 14.7. The van der Waals surface area contributed by atoms with E-state index in [-0.39, 0.29) is 36.8 Å². The molecule has 0 fully saturated rings. The Kier molecular flexibility index (Phi) is 11.2. The molecule has 0 saturated carbocycles. The van der Waals surface area contributed by atoms with Crippen molar-refractivity contribution in [3.05, 3.63) is 34.9 Å². The standard InChI is InChI=1S/C26H40ClN5O6S/c1-7-13-37-24(34)20(10-11-27)31-23(33)19(28)9-8-12-30-25(29)32-39(35,36)22-16(3)15(2)21-18(17(22)4)14-26(5,6)38-21/h7,19-20H,1,8-14,28H2,2-6H3,(H,31,33)(H3,29,30,32)/t19-,20-/m1/s1. The Bertz CT molecular complexity index is 1220. The number of carbonyl (C=O) groups is 2. The monoisotopic (exact) mass is 585 g/mol.